The molecule has 1 unspecified atom stereocenters. The maximum absolute atomic E-state index is 5.37. The molecule has 1 fully saturated rings. The molecule has 2 heteroatoms. The second kappa shape index (κ2) is 6.83. The number of aryl methyl sites for hydroxylation is 1. The van der Waals surface area contributed by atoms with Crippen LogP contribution >= 0.6 is 0 Å². The van der Waals surface area contributed by atoms with Crippen LogP contribution in [-0.2, 0) is 12.8 Å². The van der Waals surface area contributed by atoms with Crippen molar-refractivity contribution in [3.8, 4) is 5.75 Å². The van der Waals surface area contributed by atoms with Gasteiger partial charge in [-0.15, -0.1) is 0 Å². The largest absolute Gasteiger partial charge is 0.497 e. The van der Waals surface area contributed by atoms with Gasteiger partial charge in [0.25, 0.3) is 0 Å². The highest BCUT2D eigenvalue weighted by molar-refractivity contribution is 5.37. The lowest BCUT2D eigenvalue weighted by molar-refractivity contribution is 0.261. The van der Waals surface area contributed by atoms with Crippen molar-refractivity contribution in [1.29, 1.82) is 0 Å². The van der Waals surface area contributed by atoms with Crippen LogP contribution in [0.25, 0.3) is 0 Å². The number of nitrogens with one attached hydrogen (secondary N) is 1. The smallest absolute Gasteiger partial charge is 0.119 e. The Morgan fingerprint density at radius 2 is 1.86 bits per heavy atom. The second-order valence-corrected chi connectivity index (χ2v) is 6.87. The van der Waals surface area contributed by atoms with E-state index in [0.29, 0.717) is 6.04 Å². The maximum atomic E-state index is 5.37. The third-order valence-corrected chi connectivity index (χ3v) is 5.54. The van der Waals surface area contributed by atoms with Gasteiger partial charge in [0.15, 0.2) is 0 Å². The van der Waals surface area contributed by atoms with Gasteiger partial charge < -0.3 is 10.1 Å². The highest BCUT2D eigenvalue weighted by atomic mass is 16.5. The number of methoxy groups -OCH3 is 1. The Balaban J connectivity index is 1.56. The molecule has 0 heterocycles. The minimum Gasteiger partial charge on any atom is -0.497 e. The van der Waals surface area contributed by atoms with Gasteiger partial charge in [-0.25, -0.2) is 0 Å². The molecule has 2 nitrogen and oxygen atoms in total. The molecule has 21 heavy (non-hydrogen) atoms. The fraction of sp³-hybridized carbons (Fsp3) is 0.684. The summed E-state index contributed by atoms with van der Waals surface area (Å²) < 4.78 is 5.37. The normalized spacial score (nSPS) is 29.0. The van der Waals surface area contributed by atoms with Crippen molar-refractivity contribution in [2.24, 2.45) is 5.92 Å². The molecule has 0 bridgehead atoms. The van der Waals surface area contributed by atoms with E-state index in [4.69, 9.17) is 4.74 Å². The number of rotatable bonds is 4. The fourth-order valence-electron chi connectivity index (χ4n) is 4.07. The Bertz CT molecular complexity index is 463. The van der Waals surface area contributed by atoms with E-state index in [-0.39, 0.29) is 0 Å². The quantitative estimate of drug-likeness (QED) is 0.900. The summed E-state index contributed by atoms with van der Waals surface area (Å²) in [6.07, 6.45) is 10.6. The molecule has 1 aromatic rings. The molecule has 2 aliphatic rings. The van der Waals surface area contributed by atoms with E-state index in [1.54, 1.807) is 7.11 Å². The summed E-state index contributed by atoms with van der Waals surface area (Å²) in [5.41, 5.74) is 3.00. The summed E-state index contributed by atoms with van der Waals surface area (Å²) in [7, 11) is 1.76. The van der Waals surface area contributed by atoms with E-state index >= 15 is 0 Å². The van der Waals surface area contributed by atoms with Crippen molar-refractivity contribution in [1.82, 2.24) is 5.32 Å². The zero-order valence-corrected chi connectivity index (χ0v) is 13.5. The van der Waals surface area contributed by atoms with Crippen LogP contribution < -0.4 is 10.1 Å². The van der Waals surface area contributed by atoms with E-state index < -0.39 is 0 Å². The van der Waals surface area contributed by atoms with Gasteiger partial charge in [-0.2, -0.15) is 0 Å². The van der Waals surface area contributed by atoms with Crippen LogP contribution in [0.3, 0.4) is 0 Å². The van der Waals surface area contributed by atoms with E-state index in [9.17, 15) is 0 Å². The molecule has 3 rings (SSSR count). The van der Waals surface area contributed by atoms with Crippen molar-refractivity contribution in [2.45, 2.75) is 70.4 Å². The SMILES string of the molecule is CCC1CCC(NC2CCc3ccc(OC)cc3C2)CC1. The van der Waals surface area contributed by atoms with Gasteiger partial charge in [0.1, 0.15) is 5.75 Å². The Morgan fingerprint density at radius 3 is 2.57 bits per heavy atom. The molecule has 0 radical (unpaired) electrons. The summed E-state index contributed by atoms with van der Waals surface area (Å²) >= 11 is 0. The van der Waals surface area contributed by atoms with Crippen LogP contribution in [0.5, 0.6) is 5.75 Å². The second-order valence-electron chi connectivity index (χ2n) is 6.87. The molecule has 1 N–H and O–H groups in total. The Hall–Kier alpha value is -1.02. The Kier molecular flexibility index (Phi) is 4.84. The molecular weight excluding hydrogens is 258 g/mol. The van der Waals surface area contributed by atoms with Gasteiger partial charge >= 0.3 is 0 Å². The number of fused-ring (bicyclic) bond motifs is 1. The molecule has 0 saturated heterocycles. The van der Waals surface area contributed by atoms with Gasteiger partial charge in [-0.05, 0) is 74.1 Å². The number of benzene rings is 1. The average Bonchev–Trinajstić information content (AvgIpc) is 2.55. The summed E-state index contributed by atoms with van der Waals surface area (Å²) in [6.45, 7) is 2.34. The van der Waals surface area contributed by atoms with Crippen LogP contribution in [0.4, 0.5) is 0 Å². The maximum Gasteiger partial charge on any atom is 0.119 e. The molecule has 0 aliphatic heterocycles. The molecule has 0 aromatic heterocycles. The Morgan fingerprint density at radius 1 is 1.05 bits per heavy atom. The fourth-order valence-corrected chi connectivity index (χ4v) is 4.07. The molecule has 1 aromatic carbocycles. The first-order valence-electron chi connectivity index (χ1n) is 8.70. The van der Waals surface area contributed by atoms with Gasteiger partial charge in [-0.3, -0.25) is 0 Å². The minimum atomic E-state index is 0.660. The highest BCUT2D eigenvalue weighted by Crippen LogP contribution is 2.29. The van der Waals surface area contributed by atoms with Crippen LogP contribution in [-0.4, -0.2) is 19.2 Å². The topological polar surface area (TPSA) is 21.3 Å². The first-order chi connectivity index (χ1) is 10.3. The molecule has 2 aliphatic carbocycles. The minimum absolute atomic E-state index is 0.660. The molecular formula is C19H29NO. The van der Waals surface area contributed by atoms with Crippen LogP contribution in [0.2, 0.25) is 0 Å². The summed E-state index contributed by atoms with van der Waals surface area (Å²) in [5.74, 6) is 1.98. The molecule has 1 atom stereocenters. The van der Waals surface area contributed by atoms with E-state index in [1.807, 2.05) is 0 Å². The zero-order valence-electron chi connectivity index (χ0n) is 13.5. The van der Waals surface area contributed by atoms with Crippen molar-refractivity contribution in [2.75, 3.05) is 7.11 Å². The summed E-state index contributed by atoms with van der Waals surface area (Å²) in [6, 6.07) is 7.99. The van der Waals surface area contributed by atoms with Gasteiger partial charge in [-0.1, -0.05) is 19.4 Å². The molecule has 1 saturated carbocycles. The lowest BCUT2D eigenvalue weighted by atomic mass is 9.83. The number of hydrogen-bond acceptors (Lipinski definition) is 2. The lowest BCUT2D eigenvalue weighted by Crippen LogP contribution is -2.43. The molecule has 0 spiro atoms. The van der Waals surface area contributed by atoms with Crippen LogP contribution in [0, 0.1) is 5.92 Å². The van der Waals surface area contributed by atoms with Crippen molar-refractivity contribution >= 4 is 0 Å². The van der Waals surface area contributed by atoms with E-state index in [1.165, 1.54) is 62.5 Å². The van der Waals surface area contributed by atoms with Gasteiger partial charge in [0.05, 0.1) is 7.11 Å². The number of hydrogen-bond donors (Lipinski definition) is 1. The molecule has 116 valence electrons. The van der Waals surface area contributed by atoms with Gasteiger partial charge in [0.2, 0.25) is 0 Å². The zero-order chi connectivity index (χ0) is 14.7. The Labute approximate surface area is 129 Å². The summed E-state index contributed by atoms with van der Waals surface area (Å²) in [5, 5.41) is 3.94. The van der Waals surface area contributed by atoms with Gasteiger partial charge in [0, 0.05) is 12.1 Å². The summed E-state index contributed by atoms with van der Waals surface area (Å²) in [4.78, 5) is 0. The first-order valence-corrected chi connectivity index (χ1v) is 8.70. The lowest BCUT2D eigenvalue weighted by Gasteiger charge is -2.34. The highest BCUT2D eigenvalue weighted by Gasteiger charge is 2.25. The monoisotopic (exact) mass is 287 g/mol. The molecule has 0 amide bonds. The van der Waals surface area contributed by atoms with Crippen LogP contribution in [0.15, 0.2) is 18.2 Å². The van der Waals surface area contributed by atoms with E-state index in [2.05, 4.69) is 30.4 Å². The third kappa shape index (κ3) is 3.60. The van der Waals surface area contributed by atoms with Crippen molar-refractivity contribution < 1.29 is 4.74 Å². The predicted octanol–water partition coefficient (Wildman–Crippen LogP) is 4.11. The van der Waals surface area contributed by atoms with E-state index in [0.717, 1.165) is 17.7 Å². The number of ether oxygens (including phenoxy) is 1. The predicted molar refractivity (Wildman–Crippen MR) is 88.0 cm³/mol. The van der Waals surface area contributed by atoms with Crippen molar-refractivity contribution in [3.63, 3.8) is 0 Å². The average molecular weight is 287 g/mol. The van der Waals surface area contributed by atoms with Crippen LogP contribution in [0.1, 0.15) is 56.6 Å². The third-order valence-electron chi connectivity index (χ3n) is 5.54. The van der Waals surface area contributed by atoms with Crippen molar-refractivity contribution in [3.05, 3.63) is 29.3 Å². The first kappa shape index (κ1) is 14.9. The standard InChI is InChI=1S/C19H29NO/c1-3-14-4-8-17(9-5-14)20-18-10-6-15-7-11-19(21-2)13-16(15)12-18/h7,11,13-14,17-18,20H,3-6,8-10,12H2,1-2H3.